The first-order chi connectivity index (χ1) is 14.6. The number of carbonyl (C=O) groups excluding carboxylic acids is 2. The second-order valence-electron chi connectivity index (χ2n) is 6.76. The SMILES string of the molecule is COc1cc(NC(=O)c2cc(-c3ccco3)on2)c(C(=O)N2CCCC2)cc1OC. The summed E-state index contributed by atoms with van der Waals surface area (Å²) in [7, 11) is 2.98. The number of aromatic nitrogens is 1. The molecule has 1 saturated heterocycles. The van der Waals surface area contributed by atoms with E-state index < -0.39 is 5.91 Å². The first kappa shape index (κ1) is 19.6. The number of ether oxygens (including phenoxy) is 2. The van der Waals surface area contributed by atoms with Gasteiger partial charge in [0.15, 0.2) is 23.0 Å². The van der Waals surface area contributed by atoms with E-state index in [1.807, 2.05) is 0 Å². The molecule has 0 unspecified atom stereocenters. The Labute approximate surface area is 172 Å². The number of nitrogens with zero attached hydrogens (tertiary/aromatic N) is 2. The Morgan fingerprint density at radius 2 is 1.80 bits per heavy atom. The molecule has 9 nitrogen and oxygen atoms in total. The van der Waals surface area contributed by atoms with Gasteiger partial charge in [-0.05, 0) is 31.0 Å². The fraction of sp³-hybridized carbons (Fsp3) is 0.286. The van der Waals surface area contributed by atoms with Crippen molar-refractivity contribution in [2.24, 2.45) is 0 Å². The standard InChI is InChI=1S/C21H21N3O6/c1-27-17-10-13(21(26)24-7-3-4-8-24)14(11-18(17)28-2)22-20(25)15-12-19(30-23-15)16-6-5-9-29-16/h5-6,9-12H,3-4,7-8H2,1-2H3,(H,22,25). The number of hydrogen-bond acceptors (Lipinski definition) is 7. The van der Waals surface area contributed by atoms with Crippen LogP contribution in [0.15, 0.2) is 45.5 Å². The molecule has 2 aromatic heterocycles. The van der Waals surface area contributed by atoms with Gasteiger partial charge in [-0.15, -0.1) is 0 Å². The van der Waals surface area contributed by atoms with Gasteiger partial charge in [-0.2, -0.15) is 0 Å². The molecule has 0 saturated carbocycles. The van der Waals surface area contributed by atoms with Gasteiger partial charge in [-0.25, -0.2) is 0 Å². The molecule has 0 atom stereocenters. The molecule has 1 aromatic carbocycles. The van der Waals surface area contributed by atoms with E-state index in [2.05, 4.69) is 10.5 Å². The van der Waals surface area contributed by atoms with Crippen molar-refractivity contribution in [3.8, 4) is 23.0 Å². The minimum absolute atomic E-state index is 0.0516. The molecule has 2 amide bonds. The zero-order valence-corrected chi connectivity index (χ0v) is 16.6. The molecule has 9 heteroatoms. The van der Waals surface area contributed by atoms with Crippen molar-refractivity contribution in [2.75, 3.05) is 32.6 Å². The lowest BCUT2D eigenvalue weighted by molar-refractivity contribution is 0.0793. The van der Waals surface area contributed by atoms with Crippen LogP contribution in [0.4, 0.5) is 5.69 Å². The Balaban J connectivity index is 1.64. The molecule has 1 aliphatic rings. The summed E-state index contributed by atoms with van der Waals surface area (Å²) in [4.78, 5) is 27.6. The smallest absolute Gasteiger partial charge is 0.277 e. The molecular formula is C21H21N3O6. The number of rotatable bonds is 6. The molecule has 0 bridgehead atoms. The van der Waals surface area contributed by atoms with Gasteiger partial charge in [0.2, 0.25) is 5.76 Å². The number of hydrogen-bond donors (Lipinski definition) is 1. The van der Waals surface area contributed by atoms with Crippen molar-refractivity contribution in [1.82, 2.24) is 10.1 Å². The maximum absolute atomic E-state index is 13.0. The monoisotopic (exact) mass is 411 g/mol. The van der Waals surface area contributed by atoms with Gasteiger partial charge in [0.25, 0.3) is 11.8 Å². The first-order valence-corrected chi connectivity index (χ1v) is 9.48. The summed E-state index contributed by atoms with van der Waals surface area (Å²) in [6.07, 6.45) is 3.40. The number of nitrogens with one attached hydrogen (secondary N) is 1. The zero-order valence-electron chi connectivity index (χ0n) is 16.6. The second-order valence-corrected chi connectivity index (χ2v) is 6.76. The van der Waals surface area contributed by atoms with Gasteiger partial charge in [0.05, 0.1) is 31.7 Å². The summed E-state index contributed by atoms with van der Waals surface area (Å²) in [6.45, 7) is 1.35. The van der Waals surface area contributed by atoms with Crippen LogP contribution in [0.2, 0.25) is 0 Å². The van der Waals surface area contributed by atoms with Gasteiger partial charge in [0.1, 0.15) is 0 Å². The van der Waals surface area contributed by atoms with Gasteiger partial charge in [-0.3, -0.25) is 9.59 Å². The van der Waals surface area contributed by atoms with Crippen LogP contribution in [0, 0.1) is 0 Å². The average molecular weight is 411 g/mol. The molecule has 156 valence electrons. The van der Waals surface area contributed by atoms with Crippen molar-refractivity contribution >= 4 is 17.5 Å². The third kappa shape index (κ3) is 3.73. The number of carbonyl (C=O) groups is 2. The quantitative estimate of drug-likeness (QED) is 0.662. The fourth-order valence-electron chi connectivity index (χ4n) is 3.35. The summed E-state index contributed by atoms with van der Waals surface area (Å²) >= 11 is 0. The Morgan fingerprint density at radius 3 is 2.47 bits per heavy atom. The Hall–Kier alpha value is -3.75. The number of furan rings is 1. The average Bonchev–Trinajstić information content (AvgIpc) is 3.54. The number of likely N-dealkylation sites (tertiary alicyclic amines) is 1. The summed E-state index contributed by atoms with van der Waals surface area (Å²) in [5.41, 5.74) is 0.672. The largest absolute Gasteiger partial charge is 0.493 e. The maximum Gasteiger partial charge on any atom is 0.277 e. The van der Waals surface area contributed by atoms with Crippen LogP contribution in [0.25, 0.3) is 11.5 Å². The van der Waals surface area contributed by atoms with E-state index >= 15 is 0 Å². The lowest BCUT2D eigenvalue weighted by Gasteiger charge is -2.19. The van der Waals surface area contributed by atoms with Gasteiger partial charge >= 0.3 is 0 Å². The highest BCUT2D eigenvalue weighted by Gasteiger charge is 2.26. The van der Waals surface area contributed by atoms with Crippen molar-refractivity contribution in [3.05, 3.63) is 47.9 Å². The Kier molecular flexibility index (Phi) is 5.42. The molecule has 30 heavy (non-hydrogen) atoms. The molecule has 1 N–H and O–H groups in total. The fourth-order valence-corrected chi connectivity index (χ4v) is 3.35. The van der Waals surface area contributed by atoms with Gasteiger partial charge in [0, 0.05) is 25.2 Å². The van der Waals surface area contributed by atoms with E-state index in [0.717, 1.165) is 12.8 Å². The molecule has 3 aromatic rings. The number of methoxy groups -OCH3 is 2. The van der Waals surface area contributed by atoms with Crippen LogP contribution in [-0.4, -0.2) is 49.2 Å². The molecule has 0 radical (unpaired) electrons. The molecule has 3 heterocycles. The van der Waals surface area contributed by atoms with Crippen LogP contribution in [0.1, 0.15) is 33.7 Å². The second kappa shape index (κ2) is 8.32. The lowest BCUT2D eigenvalue weighted by Crippen LogP contribution is -2.29. The predicted octanol–water partition coefficient (Wildman–Crippen LogP) is 3.44. The van der Waals surface area contributed by atoms with E-state index in [-0.39, 0.29) is 11.6 Å². The molecular weight excluding hydrogens is 390 g/mol. The van der Waals surface area contributed by atoms with E-state index in [1.54, 1.807) is 29.2 Å². The Morgan fingerprint density at radius 1 is 1.07 bits per heavy atom. The summed E-state index contributed by atoms with van der Waals surface area (Å²) in [5.74, 6) is 0.865. The minimum Gasteiger partial charge on any atom is -0.493 e. The molecule has 4 rings (SSSR count). The highest BCUT2D eigenvalue weighted by Crippen LogP contribution is 2.35. The van der Waals surface area contributed by atoms with Crippen LogP contribution >= 0.6 is 0 Å². The Bertz CT molecular complexity index is 1050. The third-order valence-electron chi connectivity index (χ3n) is 4.90. The topological polar surface area (TPSA) is 107 Å². The van der Waals surface area contributed by atoms with Crippen molar-refractivity contribution in [1.29, 1.82) is 0 Å². The normalized spacial score (nSPS) is 13.3. The predicted molar refractivity (Wildman–Crippen MR) is 107 cm³/mol. The van der Waals surface area contributed by atoms with E-state index in [0.29, 0.717) is 47.4 Å². The maximum atomic E-state index is 13.0. The molecule has 1 fully saturated rings. The highest BCUT2D eigenvalue weighted by molar-refractivity contribution is 6.09. The highest BCUT2D eigenvalue weighted by atomic mass is 16.5. The van der Waals surface area contributed by atoms with Crippen molar-refractivity contribution < 1.29 is 28.0 Å². The number of benzene rings is 1. The van der Waals surface area contributed by atoms with Gasteiger partial charge < -0.3 is 28.6 Å². The summed E-state index contributed by atoms with van der Waals surface area (Å²) in [5, 5.41) is 6.54. The molecule has 0 spiro atoms. The molecule has 0 aliphatic carbocycles. The van der Waals surface area contributed by atoms with Gasteiger partial charge in [-0.1, -0.05) is 5.16 Å². The zero-order chi connectivity index (χ0) is 21.1. The van der Waals surface area contributed by atoms with Crippen LogP contribution in [0.5, 0.6) is 11.5 Å². The van der Waals surface area contributed by atoms with E-state index in [4.69, 9.17) is 18.4 Å². The summed E-state index contributed by atoms with van der Waals surface area (Å²) < 4.78 is 21.1. The van der Waals surface area contributed by atoms with Crippen LogP contribution in [0.3, 0.4) is 0 Å². The summed E-state index contributed by atoms with van der Waals surface area (Å²) in [6, 6.07) is 8.01. The van der Waals surface area contributed by atoms with Crippen molar-refractivity contribution in [2.45, 2.75) is 12.8 Å². The third-order valence-corrected chi connectivity index (χ3v) is 4.90. The van der Waals surface area contributed by atoms with E-state index in [9.17, 15) is 9.59 Å². The number of anilines is 1. The van der Waals surface area contributed by atoms with Crippen molar-refractivity contribution in [3.63, 3.8) is 0 Å². The first-order valence-electron chi connectivity index (χ1n) is 9.48. The molecule has 1 aliphatic heterocycles. The number of amides is 2. The minimum atomic E-state index is -0.528. The lowest BCUT2D eigenvalue weighted by atomic mass is 10.1. The van der Waals surface area contributed by atoms with Crippen LogP contribution < -0.4 is 14.8 Å². The van der Waals surface area contributed by atoms with E-state index in [1.165, 1.54) is 26.5 Å². The van der Waals surface area contributed by atoms with Crippen LogP contribution in [-0.2, 0) is 0 Å².